The van der Waals surface area contributed by atoms with Gasteiger partial charge in [-0.3, -0.25) is 0 Å². The Balaban J connectivity index is 2.13. The lowest BCUT2D eigenvalue weighted by Crippen LogP contribution is -2.38. The molecular weight excluding hydrogens is 248 g/mol. The van der Waals surface area contributed by atoms with Gasteiger partial charge in [0.05, 0.1) is 0 Å². The summed E-state index contributed by atoms with van der Waals surface area (Å²) in [4.78, 5) is 12.9. The molecule has 0 amide bonds. The topological polar surface area (TPSA) is 32.7 Å². The molecule has 0 bridgehead atoms. The molecule has 0 spiro atoms. The molecule has 2 rings (SSSR count). The number of hydrogen-bond acceptors (Lipinski definition) is 3. The average Bonchev–Trinajstić information content (AvgIpc) is 2.31. The fourth-order valence-electron chi connectivity index (χ4n) is 3.10. The van der Waals surface area contributed by atoms with Crippen molar-refractivity contribution in [1.29, 1.82) is 0 Å². The van der Waals surface area contributed by atoms with E-state index in [0.29, 0.717) is 0 Å². The van der Waals surface area contributed by atoms with Gasteiger partial charge in [-0.05, 0) is 42.7 Å². The molecule has 4 heteroatoms. The van der Waals surface area contributed by atoms with E-state index in [2.05, 4.69) is 30.0 Å². The summed E-state index contributed by atoms with van der Waals surface area (Å²) < 4.78 is 0. The quantitative estimate of drug-likeness (QED) is 0.727. The normalized spacial score (nSPS) is 29.3. The maximum absolute atomic E-state index is 10.4. The maximum atomic E-state index is 10.4. The van der Waals surface area contributed by atoms with Crippen LogP contribution in [0.3, 0.4) is 0 Å². The van der Waals surface area contributed by atoms with Crippen LogP contribution in [0, 0.1) is 16.7 Å². The third kappa shape index (κ3) is 3.14. The number of allylic oxidation sites excluding steroid dienone is 2. The van der Waals surface area contributed by atoms with Crippen molar-refractivity contribution in [1.82, 2.24) is 4.90 Å². The van der Waals surface area contributed by atoms with Gasteiger partial charge in [-0.2, -0.15) is 4.91 Å². The van der Waals surface area contributed by atoms with E-state index in [-0.39, 0.29) is 6.54 Å². The standard InChI is InChI=1S/C14H21ClN2O/c1-10-5-11(2)9-17(8-10)13-3-4-14(15)12(6-13)7-16-18/h6,10-11H,3-5,7-9H2,1-2H3. The number of piperidine rings is 1. The molecule has 0 radical (unpaired) electrons. The van der Waals surface area contributed by atoms with E-state index >= 15 is 0 Å². The van der Waals surface area contributed by atoms with E-state index in [1.807, 2.05) is 0 Å². The van der Waals surface area contributed by atoms with E-state index in [1.54, 1.807) is 0 Å². The lowest BCUT2D eigenvalue weighted by molar-refractivity contribution is 0.173. The Labute approximate surface area is 114 Å². The highest BCUT2D eigenvalue weighted by atomic mass is 35.5. The van der Waals surface area contributed by atoms with Crippen molar-refractivity contribution in [2.45, 2.75) is 33.1 Å². The minimum atomic E-state index is 0.196. The Kier molecular flexibility index (Phi) is 4.44. The number of likely N-dealkylation sites (tertiary alicyclic amines) is 1. The zero-order valence-electron chi connectivity index (χ0n) is 11.2. The SMILES string of the molecule is CC1CC(C)CN(C2=CC(CN=O)=C(Cl)CC2)C1. The second-order valence-electron chi connectivity index (χ2n) is 5.70. The van der Waals surface area contributed by atoms with Crippen LogP contribution in [0.4, 0.5) is 0 Å². The molecule has 3 nitrogen and oxygen atoms in total. The summed E-state index contributed by atoms with van der Waals surface area (Å²) in [5, 5.41) is 3.77. The monoisotopic (exact) mass is 268 g/mol. The summed E-state index contributed by atoms with van der Waals surface area (Å²) in [7, 11) is 0. The molecule has 0 N–H and O–H groups in total. The molecule has 0 aromatic rings. The Hall–Kier alpha value is -0.830. The van der Waals surface area contributed by atoms with E-state index in [9.17, 15) is 4.91 Å². The molecular formula is C14H21ClN2O. The first-order chi connectivity index (χ1) is 8.60. The van der Waals surface area contributed by atoms with Gasteiger partial charge < -0.3 is 4.90 Å². The van der Waals surface area contributed by atoms with Gasteiger partial charge in [-0.25, -0.2) is 0 Å². The largest absolute Gasteiger partial charge is 0.374 e. The van der Waals surface area contributed by atoms with Crippen molar-refractivity contribution in [3.63, 3.8) is 0 Å². The second kappa shape index (κ2) is 5.87. The second-order valence-corrected chi connectivity index (χ2v) is 6.16. The van der Waals surface area contributed by atoms with Crippen LogP contribution in [0.2, 0.25) is 0 Å². The molecule has 1 aliphatic carbocycles. The first-order valence-corrected chi connectivity index (χ1v) is 7.10. The van der Waals surface area contributed by atoms with Crippen molar-refractivity contribution in [3.8, 4) is 0 Å². The predicted molar refractivity (Wildman–Crippen MR) is 75.4 cm³/mol. The van der Waals surface area contributed by atoms with Crippen LogP contribution >= 0.6 is 11.6 Å². The van der Waals surface area contributed by atoms with Crippen LogP contribution in [0.5, 0.6) is 0 Å². The van der Waals surface area contributed by atoms with Gasteiger partial charge in [0, 0.05) is 23.8 Å². The zero-order chi connectivity index (χ0) is 13.1. The van der Waals surface area contributed by atoms with Crippen molar-refractivity contribution in [2.24, 2.45) is 17.0 Å². The van der Waals surface area contributed by atoms with Gasteiger partial charge in [0.15, 0.2) is 0 Å². The van der Waals surface area contributed by atoms with Crippen molar-refractivity contribution < 1.29 is 0 Å². The lowest BCUT2D eigenvalue weighted by atomic mass is 9.90. The third-order valence-electron chi connectivity index (χ3n) is 3.80. The highest BCUT2D eigenvalue weighted by Crippen LogP contribution is 2.32. The minimum Gasteiger partial charge on any atom is -0.374 e. The van der Waals surface area contributed by atoms with Crippen LogP contribution in [0.15, 0.2) is 27.6 Å². The number of hydrogen-bond donors (Lipinski definition) is 0. The first-order valence-electron chi connectivity index (χ1n) is 6.72. The lowest BCUT2D eigenvalue weighted by Gasteiger charge is -2.39. The molecule has 0 saturated carbocycles. The number of nitroso groups, excluding NO2 is 1. The van der Waals surface area contributed by atoms with E-state index < -0.39 is 0 Å². The van der Waals surface area contributed by atoms with Crippen molar-refractivity contribution in [3.05, 3.63) is 27.3 Å². The minimum absolute atomic E-state index is 0.196. The molecule has 18 heavy (non-hydrogen) atoms. The van der Waals surface area contributed by atoms with Gasteiger partial charge in [0.2, 0.25) is 0 Å². The van der Waals surface area contributed by atoms with E-state index in [0.717, 1.165) is 48.4 Å². The Bertz CT molecular complexity index is 379. The molecule has 100 valence electrons. The predicted octanol–water partition coefficient (Wildman–Crippen LogP) is 3.90. The summed E-state index contributed by atoms with van der Waals surface area (Å²) in [5.41, 5.74) is 2.23. The van der Waals surface area contributed by atoms with Crippen molar-refractivity contribution >= 4 is 11.6 Å². The van der Waals surface area contributed by atoms with Crippen LogP contribution in [-0.2, 0) is 0 Å². The number of halogens is 1. The van der Waals surface area contributed by atoms with Crippen LogP contribution < -0.4 is 0 Å². The zero-order valence-corrected chi connectivity index (χ0v) is 11.9. The number of nitrogens with zero attached hydrogens (tertiary/aromatic N) is 2. The Morgan fingerprint density at radius 3 is 2.61 bits per heavy atom. The summed E-state index contributed by atoms with van der Waals surface area (Å²) in [6.45, 7) is 7.05. The average molecular weight is 269 g/mol. The van der Waals surface area contributed by atoms with Gasteiger partial charge in [-0.1, -0.05) is 30.6 Å². The first kappa shape index (κ1) is 13.6. The van der Waals surface area contributed by atoms with Crippen LogP contribution in [-0.4, -0.2) is 24.5 Å². The molecule has 2 atom stereocenters. The number of rotatable bonds is 3. The molecule has 0 aromatic carbocycles. The Morgan fingerprint density at radius 2 is 2.00 bits per heavy atom. The molecule has 2 unspecified atom stereocenters. The van der Waals surface area contributed by atoms with Crippen LogP contribution in [0.25, 0.3) is 0 Å². The van der Waals surface area contributed by atoms with Gasteiger partial charge in [0.1, 0.15) is 6.54 Å². The maximum Gasteiger partial charge on any atom is 0.107 e. The highest BCUT2D eigenvalue weighted by molar-refractivity contribution is 6.30. The van der Waals surface area contributed by atoms with E-state index in [1.165, 1.54) is 12.1 Å². The molecule has 1 fully saturated rings. The fraction of sp³-hybridized carbons (Fsp3) is 0.714. The van der Waals surface area contributed by atoms with Gasteiger partial charge in [0.25, 0.3) is 0 Å². The Morgan fingerprint density at radius 1 is 1.33 bits per heavy atom. The third-order valence-corrected chi connectivity index (χ3v) is 4.23. The fourth-order valence-corrected chi connectivity index (χ4v) is 3.31. The molecule has 1 saturated heterocycles. The summed E-state index contributed by atoms with van der Waals surface area (Å²) in [6, 6.07) is 0. The summed E-state index contributed by atoms with van der Waals surface area (Å²) in [6.07, 6.45) is 5.22. The van der Waals surface area contributed by atoms with Crippen molar-refractivity contribution in [2.75, 3.05) is 19.6 Å². The smallest absolute Gasteiger partial charge is 0.107 e. The molecule has 0 aromatic heterocycles. The highest BCUT2D eigenvalue weighted by Gasteiger charge is 2.25. The van der Waals surface area contributed by atoms with E-state index in [4.69, 9.17) is 11.6 Å². The van der Waals surface area contributed by atoms with Gasteiger partial charge in [-0.15, -0.1) is 0 Å². The van der Waals surface area contributed by atoms with Crippen LogP contribution in [0.1, 0.15) is 33.1 Å². The molecule has 2 aliphatic rings. The summed E-state index contributed by atoms with van der Waals surface area (Å²) in [5.74, 6) is 1.48. The summed E-state index contributed by atoms with van der Waals surface area (Å²) >= 11 is 6.14. The van der Waals surface area contributed by atoms with Gasteiger partial charge >= 0.3 is 0 Å². The molecule has 1 aliphatic heterocycles. The molecule has 1 heterocycles.